The summed E-state index contributed by atoms with van der Waals surface area (Å²) in [6.07, 6.45) is 0. The van der Waals surface area contributed by atoms with Gasteiger partial charge in [-0.15, -0.1) is 0 Å². The van der Waals surface area contributed by atoms with Gasteiger partial charge in [0, 0.05) is 16.7 Å². The van der Waals surface area contributed by atoms with Crippen LogP contribution in [0.5, 0.6) is 5.75 Å². The molecule has 0 radical (unpaired) electrons. The molecule has 2 N–H and O–H groups in total. The lowest BCUT2D eigenvalue weighted by Crippen LogP contribution is -2.22. The third-order valence-corrected chi connectivity index (χ3v) is 3.74. The van der Waals surface area contributed by atoms with Gasteiger partial charge in [0.15, 0.2) is 5.78 Å². The third-order valence-electron chi connectivity index (χ3n) is 3.49. The number of halogens is 1. The smallest absolute Gasteiger partial charge is 0.200 e. The van der Waals surface area contributed by atoms with Crippen LogP contribution in [0.4, 0.5) is 0 Å². The second-order valence-electron chi connectivity index (χ2n) is 4.87. The molecule has 0 bridgehead atoms. The highest BCUT2D eigenvalue weighted by molar-refractivity contribution is 6.30. The standard InChI is InChI=1S/C16H14ClN3O2/c1-22-12-6-7-13-14(8-12)20(16(18)19-13)9-15(21)10-2-4-11(17)5-3-10/h2-8H,9H2,1H3,(H2,18,19). The summed E-state index contributed by atoms with van der Waals surface area (Å²) in [5, 5.41) is 8.60. The maximum atomic E-state index is 12.4. The van der Waals surface area contributed by atoms with Crippen molar-refractivity contribution in [3.63, 3.8) is 0 Å². The number of rotatable bonds is 4. The van der Waals surface area contributed by atoms with Crippen LogP contribution < -0.4 is 10.4 Å². The molecule has 22 heavy (non-hydrogen) atoms. The van der Waals surface area contributed by atoms with Crippen LogP contribution in [0.15, 0.2) is 42.5 Å². The van der Waals surface area contributed by atoms with Crippen LogP contribution in [-0.4, -0.2) is 22.4 Å². The molecule has 3 rings (SSSR count). The molecule has 112 valence electrons. The van der Waals surface area contributed by atoms with Gasteiger partial charge < -0.3 is 14.3 Å². The second kappa shape index (κ2) is 5.69. The van der Waals surface area contributed by atoms with Gasteiger partial charge in [-0.05, 0) is 36.4 Å². The van der Waals surface area contributed by atoms with Crippen LogP contribution in [0.1, 0.15) is 10.4 Å². The zero-order valence-corrected chi connectivity index (χ0v) is 12.6. The van der Waals surface area contributed by atoms with Crippen molar-refractivity contribution in [1.29, 1.82) is 5.41 Å². The lowest BCUT2D eigenvalue weighted by Gasteiger charge is -2.05. The van der Waals surface area contributed by atoms with Crippen LogP contribution >= 0.6 is 11.6 Å². The number of nitrogens with zero attached hydrogens (tertiary/aromatic N) is 1. The van der Waals surface area contributed by atoms with Crippen LogP contribution in [0, 0.1) is 5.41 Å². The van der Waals surface area contributed by atoms with E-state index >= 15 is 0 Å². The number of methoxy groups -OCH3 is 1. The molecule has 0 saturated heterocycles. The van der Waals surface area contributed by atoms with E-state index in [2.05, 4.69) is 4.98 Å². The Labute approximate surface area is 131 Å². The number of aromatic nitrogens is 2. The minimum absolute atomic E-state index is 0.0770. The fourth-order valence-electron chi connectivity index (χ4n) is 2.32. The molecule has 0 spiro atoms. The zero-order chi connectivity index (χ0) is 15.7. The van der Waals surface area contributed by atoms with Crippen molar-refractivity contribution in [3.05, 3.63) is 58.7 Å². The van der Waals surface area contributed by atoms with Crippen molar-refractivity contribution in [2.45, 2.75) is 6.54 Å². The summed E-state index contributed by atoms with van der Waals surface area (Å²) >= 11 is 5.83. The zero-order valence-electron chi connectivity index (χ0n) is 11.9. The predicted octanol–water partition coefficient (Wildman–Crippen LogP) is 2.99. The Hall–Kier alpha value is -2.53. The Morgan fingerprint density at radius 1 is 1.27 bits per heavy atom. The third kappa shape index (κ3) is 2.63. The number of ether oxygens (including phenoxy) is 1. The van der Waals surface area contributed by atoms with Crippen LogP contribution in [0.25, 0.3) is 11.0 Å². The minimum Gasteiger partial charge on any atom is -0.497 e. The van der Waals surface area contributed by atoms with Gasteiger partial charge >= 0.3 is 0 Å². The van der Waals surface area contributed by atoms with Gasteiger partial charge in [0.05, 0.1) is 24.7 Å². The molecule has 0 aliphatic carbocycles. The number of hydrogen-bond donors (Lipinski definition) is 2. The number of Topliss-reactive ketones (excluding diaryl/α,β-unsaturated/α-hetero) is 1. The largest absolute Gasteiger partial charge is 0.497 e. The molecule has 6 heteroatoms. The Bertz CT molecular complexity index is 894. The molecule has 3 aromatic rings. The van der Waals surface area contributed by atoms with E-state index in [0.717, 1.165) is 11.0 Å². The van der Waals surface area contributed by atoms with Gasteiger partial charge in [0.1, 0.15) is 5.75 Å². The van der Waals surface area contributed by atoms with E-state index in [-0.39, 0.29) is 17.9 Å². The highest BCUT2D eigenvalue weighted by Crippen LogP contribution is 2.19. The summed E-state index contributed by atoms with van der Waals surface area (Å²) in [4.78, 5) is 15.3. The Morgan fingerprint density at radius 2 is 2.00 bits per heavy atom. The van der Waals surface area contributed by atoms with Gasteiger partial charge in [0.2, 0.25) is 5.62 Å². The molecular formula is C16H14ClN3O2. The first kappa shape index (κ1) is 14.4. The van der Waals surface area contributed by atoms with Crippen LogP contribution in [0.3, 0.4) is 0 Å². The lowest BCUT2D eigenvalue weighted by molar-refractivity contribution is 0.0971. The first-order valence-corrected chi connectivity index (χ1v) is 7.06. The quantitative estimate of drug-likeness (QED) is 0.727. The Morgan fingerprint density at radius 3 is 2.68 bits per heavy atom. The molecule has 0 aliphatic heterocycles. The number of carbonyl (C=O) groups is 1. The maximum Gasteiger partial charge on any atom is 0.200 e. The number of hydrogen-bond acceptors (Lipinski definition) is 3. The van der Waals surface area contributed by atoms with E-state index < -0.39 is 0 Å². The van der Waals surface area contributed by atoms with Gasteiger partial charge in [0.25, 0.3) is 0 Å². The van der Waals surface area contributed by atoms with Crippen molar-refractivity contribution < 1.29 is 9.53 Å². The Kier molecular flexibility index (Phi) is 3.73. The number of benzene rings is 2. The first-order valence-electron chi connectivity index (χ1n) is 6.68. The molecule has 5 nitrogen and oxygen atoms in total. The average molecular weight is 316 g/mol. The molecule has 0 atom stereocenters. The van der Waals surface area contributed by atoms with Gasteiger partial charge in [-0.2, -0.15) is 0 Å². The van der Waals surface area contributed by atoms with Crippen LogP contribution in [0.2, 0.25) is 5.02 Å². The van der Waals surface area contributed by atoms with E-state index in [4.69, 9.17) is 21.7 Å². The monoisotopic (exact) mass is 315 g/mol. The summed E-state index contributed by atoms with van der Waals surface area (Å²) in [5.41, 5.74) is 2.28. The van der Waals surface area contributed by atoms with E-state index in [0.29, 0.717) is 16.3 Å². The number of aromatic amines is 1. The number of H-pyrrole nitrogens is 1. The van der Waals surface area contributed by atoms with Crippen molar-refractivity contribution in [2.75, 3.05) is 7.11 Å². The first-order chi connectivity index (χ1) is 10.6. The number of fused-ring (bicyclic) bond motifs is 1. The molecule has 0 unspecified atom stereocenters. The molecule has 0 fully saturated rings. The molecular weight excluding hydrogens is 302 g/mol. The summed E-state index contributed by atoms with van der Waals surface area (Å²) < 4.78 is 6.82. The number of imidazole rings is 1. The molecule has 0 amide bonds. The average Bonchev–Trinajstić information content (AvgIpc) is 2.83. The van der Waals surface area contributed by atoms with Gasteiger partial charge in [-0.25, -0.2) is 0 Å². The molecule has 2 aromatic carbocycles. The summed E-state index contributed by atoms with van der Waals surface area (Å²) in [7, 11) is 1.58. The van der Waals surface area contributed by atoms with Crippen molar-refractivity contribution in [3.8, 4) is 5.75 Å². The van der Waals surface area contributed by atoms with Crippen molar-refractivity contribution in [1.82, 2.24) is 9.55 Å². The minimum atomic E-state index is -0.0844. The van der Waals surface area contributed by atoms with Crippen molar-refractivity contribution >= 4 is 28.4 Å². The number of carbonyl (C=O) groups excluding carboxylic acids is 1. The van der Waals surface area contributed by atoms with E-state index in [1.807, 2.05) is 12.1 Å². The van der Waals surface area contributed by atoms with E-state index in [1.54, 1.807) is 42.0 Å². The van der Waals surface area contributed by atoms with Crippen LogP contribution in [-0.2, 0) is 6.54 Å². The summed E-state index contributed by atoms with van der Waals surface area (Å²) in [5.74, 6) is 0.595. The lowest BCUT2D eigenvalue weighted by atomic mass is 10.1. The van der Waals surface area contributed by atoms with E-state index in [9.17, 15) is 4.79 Å². The highest BCUT2D eigenvalue weighted by atomic mass is 35.5. The van der Waals surface area contributed by atoms with Gasteiger partial charge in [-0.1, -0.05) is 11.6 Å². The predicted molar refractivity (Wildman–Crippen MR) is 84.5 cm³/mol. The SMILES string of the molecule is COc1ccc2[nH]c(=N)n(CC(=O)c3ccc(Cl)cc3)c2c1. The van der Waals surface area contributed by atoms with Gasteiger partial charge in [-0.3, -0.25) is 10.2 Å². The molecule has 0 aliphatic rings. The molecule has 1 aromatic heterocycles. The summed E-state index contributed by atoms with van der Waals surface area (Å²) in [6.45, 7) is 0.0770. The highest BCUT2D eigenvalue weighted by Gasteiger charge is 2.11. The fourth-order valence-corrected chi connectivity index (χ4v) is 2.44. The number of nitrogens with one attached hydrogen (secondary N) is 2. The number of ketones is 1. The molecule has 0 saturated carbocycles. The maximum absolute atomic E-state index is 12.4. The molecule has 1 heterocycles. The van der Waals surface area contributed by atoms with Crippen molar-refractivity contribution in [2.24, 2.45) is 0 Å². The van der Waals surface area contributed by atoms with E-state index in [1.165, 1.54) is 0 Å². The Balaban J connectivity index is 1.99. The normalized spacial score (nSPS) is 10.8. The fraction of sp³-hybridized carbons (Fsp3) is 0.125. The summed E-state index contributed by atoms with van der Waals surface area (Å²) in [6, 6.07) is 12.2. The second-order valence-corrected chi connectivity index (χ2v) is 5.31. The topological polar surface area (TPSA) is 70.9 Å².